The molecular weight excluding hydrogens is 478 g/mol. The number of imidazole rings is 1. The standard InChI is InChI=1S/C27H34ClN5O3/c1-19(2)16-26(35)32(15-14-31(3)4)18-25(34)30-27-29-24(20-6-8-21(28)9-7-20)17-33(27)22-10-12-23(36-5)13-11-22/h6-13,17,19H,14-16,18H2,1-5H3,(H,29,30,34). The van der Waals surface area contributed by atoms with Gasteiger partial charge >= 0.3 is 0 Å². The van der Waals surface area contributed by atoms with Crippen molar-refractivity contribution in [2.75, 3.05) is 46.2 Å². The van der Waals surface area contributed by atoms with E-state index in [2.05, 4.69) is 10.3 Å². The Morgan fingerprint density at radius 3 is 2.31 bits per heavy atom. The van der Waals surface area contributed by atoms with E-state index in [0.717, 1.165) is 17.0 Å². The molecule has 9 heteroatoms. The van der Waals surface area contributed by atoms with Gasteiger partial charge in [-0.2, -0.15) is 0 Å². The summed E-state index contributed by atoms with van der Waals surface area (Å²) in [6, 6.07) is 14.8. The molecule has 192 valence electrons. The van der Waals surface area contributed by atoms with Crippen LogP contribution in [0.15, 0.2) is 54.7 Å². The Kier molecular flexibility index (Phi) is 9.50. The Labute approximate surface area is 217 Å². The fraction of sp³-hybridized carbons (Fsp3) is 0.370. The Bertz CT molecular complexity index is 1160. The van der Waals surface area contributed by atoms with E-state index in [0.29, 0.717) is 36.2 Å². The first-order valence-electron chi connectivity index (χ1n) is 11.9. The third-order valence-electron chi connectivity index (χ3n) is 5.53. The number of carbonyl (C=O) groups excluding carboxylic acids is 2. The first kappa shape index (κ1) is 27.2. The molecule has 0 aliphatic heterocycles. The lowest BCUT2D eigenvalue weighted by molar-refractivity contribution is -0.135. The van der Waals surface area contributed by atoms with Crippen molar-refractivity contribution < 1.29 is 14.3 Å². The summed E-state index contributed by atoms with van der Waals surface area (Å²) >= 11 is 6.05. The van der Waals surface area contributed by atoms with Gasteiger partial charge in [0.2, 0.25) is 17.8 Å². The zero-order valence-electron chi connectivity index (χ0n) is 21.5. The van der Waals surface area contributed by atoms with E-state index >= 15 is 0 Å². The largest absolute Gasteiger partial charge is 0.497 e. The van der Waals surface area contributed by atoms with Crippen LogP contribution in [-0.2, 0) is 9.59 Å². The predicted octanol–water partition coefficient (Wildman–Crippen LogP) is 4.58. The molecule has 3 aromatic rings. The van der Waals surface area contributed by atoms with Crippen molar-refractivity contribution in [1.82, 2.24) is 19.4 Å². The molecule has 3 rings (SSSR count). The number of benzene rings is 2. The number of anilines is 1. The Hall–Kier alpha value is -3.36. The fourth-order valence-electron chi connectivity index (χ4n) is 3.60. The number of amides is 2. The van der Waals surface area contributed by atoms with Gasteiger partial charge in [-0.25, -0.2) is 4.98 Å². The first-order chi connectivity index (χ1) is 17.2. The van der Waals surface area contributed by atoms with Crippen molar-refractivity contribution in [1.29, 1.82) is 0 Å². The summed E-state index contributed by atoms with van der Waals surface area (Å²) in [5, 5.41) is 3.54. The van der Waals surface area contributed by atoms with Gasteiger partial charge in [-0.15, -0.1) is 0 Å². The third-order valence-corrected chi connectivity index (χ3v) is 5.79. The highest BCUT2D eigenvalue weighted by molar-refractivity contribution is 6.30. The van der Waals surface area contributed by atoms with Crippen LogP contribution in [0.1, 0.15) is 20.3 Å². The summed E-state index contributed by atoms with van der Waals surface area (Å²) in [5.74, 6) is 0.941. The number of methoxy groups -OCH3 is 1. The van der Waals surface area contributed by atoms with Crippen molar-refractivity contribution in [2.24, 2.45) is 5.92 Å². The van der Waals surface area contributed by atoms with Gasteiger partial charge in [-0.1, -0.05) is 37.6 Å². The van der Waals surface area contributed by atoms with Crippen LogP contribution in [0.25, 0.3) is 16.9 Å². The zero-order chi connectivity index (χ0) is 26.2. The second kappa shape index (κ2) is 12.6. The summed E-state index contributed by atoms with van der Waals surface area (Å²) in [6.45, 7) is 5.07. The van der Waals surface area contributed by atoms with Gasteiger partial charge < -0.3 is 14.5 Å². The van der Waals surface area contributed by atoms with Crippen LogP contribution in [0, 0.1) is 5.92 Å². The summed E-state index contributed by atoms with van der Waals surface area (Å²) in [4.78, 5) is 34.2. The molecule has 2 aromatic carbocycles. The number of rotatable bonds is 11. The van der Waals surface area contributed by atoms with Crippen LogP contribution in [-0.4, -0.2) is 72.0 Å². The number of aromatic nitrogens is 2. The molecule has 2 amide bonds. The molecule has 1 aromatic heterocycles. The Morgan fingerprint density at radius 2 is 1.72 bits per heavy atom. The summed E-state index contributed by atoms with van der Waals surface area (Å²) in [6.07, 6.45) is 2.25. The highest BCUT2D eigenvalue weighted by Crippen LogP contribution is 2.26. The monoisotopic (exact) mass is 511 g/mol. The maximum absolute atomic E-state index is 13.1. The normalized spacial score (nSPS) is 11.1. The maximum Gasteiger partial charge on any atom is 0.246 e. The number of halogens is 1. The van der Waals surface area contributed by atoms with Crippen LogP contribution in [0.3, 0.4) is 0 Å². The molecule has 0 bridgehead atoms. The number of hydrogen-bond acceptors (Lipinski definition) is 5. The molecule has 0 radical (unpaired) electrons. The van der Waals surface area contributed by atoms with Gasteiger partial charge in [0.15, 0.2) is 0 Å². The van der Waals surface area contributed by atoms with E-state index in [1.807, 2.05) is 75.4 Å². The molecule has 0 spiro atoms. The van der Waals surface area contributed by atoms with Crippen LogP contribution in [0.5, 0.6) is 5.75 Å². The second-order valence-electron chi connectivity index (χ2n) is 9.29. The third kappa shape index (κ3) is 7.57. The van der Waals surface area contributed by atoms with Crippen LogP contribution < -0.4 is 10.1 Å². The molecule has 1 N–H and O–H groups in total. The first-order valence-corrected chi connectivity index (χ1v) is 12.3. The fourth-order valence-corrected chi connectivity index (χ4v) is 3.72. The van der Waals surface area contributed by atoms with E-state index in [4.69, 9.17) is 16.3 Å². The van der Waals surface area contributed by atoms with Gasteiger partial charge in [-0.3, -0.25) is 19.5 Å². The molecule has 0 unspecified atom stereocenters. The molecule has 8 nitrogen and oxygen atoms in total. The number of nitrogens with zero attached hydrogens (tertiary/aromatic N) is 4. The highest BCUT2D eigenvalue weighted by atomic mass is 35.5. The number of nitrogens with one attached hydrogen (secondary N) is 1. The minimum atomic E-state index is -0.311. The molecule has 36 heavy (non-hydrogen) atoms. The quantitative estimate of drug-likeness (QED) is 0.408. The van der Waals surface area contributed by atoms with Gasteiger partial charge in [-0.05, 0) is 56.4 Å². The van der Waals surface area contributed by atoms with Gasteiger partial charge in [0.05, 0.1) is 19.3 Å². The van der Waals surface area contributed by atoms with Crippen molar-refractivity contribution in [3.63, 3.8) is 0 Å². The number of ether oxygens (including phenoxy) is 1. The number of likely N-dealkylation sites (N-methyl/N-ethyl adjacent to an activating group) is 1. The molecule has 0 aliphatic carbocycles. The van der Waals surface area contributed by atoms with E-state index in [-0.39, 0.29) is 24.3 Å². The molecule has 0 saturated heterocycles. The van der Waals surface area contributed by atoms with Crippen molar-refractivity contribution in [3.05, 3.63) is 59.8 Å². The predicted molar refractivity (Wildman–Crippen MR) is 144 cm³/mol. The van der Waals surface area contributed by atoms with Crippen molar-refractivity contribution in [2.45, 2.75) is 20.3 Å². The van der Waals surface area contributed by atoms with Gasteiger partial charge in [0, 0.05) is 42.0 Å². The minimum absolute atomic E-state index is 0.0395. The van der Waals surface area contributed by atoms with Crippen LogP contribution >= 0.6 is 11.6 Å². The topological polar surface area (TPSA) is 79.7 Å². The second-order valence-corrected chi connectivity index (χ2v) is 9.73. The lowest BCUT2D eigenvalue weighted by Gasteiger charge is -2.24. The van der Waals surface area contributed by atoms with Gasteiger partial charge in [0.1, 0.15) is 5.75 Å². The molecular formula is C27H34ClN5O3. The van der Waals surface area contributed by atoms with Crippen LogP contribution in [0.4, 0.5) is 5.95 Å². The summed E-state index contributed by atoms with van der Waals surface area (Å²) in [7, 11) is 5.49. The van der Waals surface area contributed by atoms with Gasteiger partial charge in [0.25, 0.3) is 0 Å². The molecule has 0 fully saturated rings. The van der Waals surface area contributed by atoms with E-state index < -0.39 is 0 Å². The SMILES string of the molecule is COc1ccc(-n2cc(-c3ccc(Cl)cc3)nc2NC(=O)CN(CCN(C)C)C(=O)CC(C)C)cc1. The molecule has 1 heterocycles. The summed E-state index contributed by atoms with van der Waals surface area (Å²) in [5.41, 5.74) is 2.35. The Morgan fingerprint density at radius 1 is 1.06 bits per heavy atom. The molecule has 0 saturated carbocycles. The number of carbonyl (C=O) groups is 2. The maximum atomic E-state index is 13.1. The van der Waals surface area contributed by atoms with Crippen LogP contribution in [0.2, 0.25) is 5.02 Å². The smallest absolute Gasteiger partial charge is 0.246 e. The van der Waals surface area contributed by atoms with E-state index in [9.17, 15) is 9.59 Å². The van der Waals surface area contributed by atoms with E-state index in [1.54, 1.807) is 28.7 Å². The van der Waals surface area contributed by atoms with Crippen molar-refractivity contribution >= 4 is 29.4 Å². The van der Waals surface area contributed by atoms with Crippen molar-refractivity contribution in [3.8, 4) is 22.7 Å². The summed E-state index contributed by atoms with van der Waals surface area (Å²) < 4.78 is 7.08. The zero-order valence-corrected chi connectivity index (χ0v) is 22.2. The molecule has 0 aliphatic rings. The lowest BCUT2D eigenvalue weighted by atomic mass is 10.1. The average Bonchev–Trinajstić information content (AvgIpc) is 3.25. The lowest BCUT2D eigenvalue weighted by Crippen LogP contribution is -2.42. The highest BCUT2D eigenvalue weighted by Gasteiger charge is 2.20. The minimum Gasteiger partial charge on any atom is -0.497 e. The molecule has 0 atom stereocenters. The average molecular weight is 512 g/mol. The Balaban J connectivity index is 1.88. The van der Waals surface area contributed by atoms with E-state index in [1.165, 1.54) is 0 Å². The number of hydrogen-bond donors (Lipinski definition) is 1.